The third-order valence-electron chi connectivity index (χ3n) is 6.24. The van der Waals surface area contributed by atoms with Gasteiger partial charge < -0.3 is 19.4 Å². The molecule has 1 aromatic carbocycles. The lowest BCUT2D eigenvalue weighted by atomic mass is 9.98. The van der Waals surface area contributed by atoms with Crippen molar-refractivity contribution in [2.45, 2.75) is 33.2 Å². The van der Waals surface area contributed by atoms with Crippen molar-refractivity contribution < 1.29 is 13.9 Å². The first-order valence-corrected chi connectivity index (χ1v) is 11.7. The van der Waals surface area contributed by atoms with Crippen molar-refractivity contribution in [1.82, 2.24) is 19.2 Å². The summed E-state index contributed by atoms with van der Waals surface area (Å²) in [5, 5.41) is 6.57. The Morgan fingerprint density at radius 1 is 1.14 bits per heavy atom. The topological polar surface area (TPSA) is 76.7 Å². The Morgan fingerprint density at radius 3 is 2.63 bits per heavy atom. The molecule has 1 aliphatic heterocycles. The van der Waals surface area contributed by atoms with Gasteiger partial charge in [0.2, 0.25) is 0 Å². The molecule has 3 aromatic heterocycles. The average molecular weight is 477 g/mol. The molecule has 8 nitrogen and oxygen atoms in total. The minimum atomic E-state index is -0.707. The van der Waals surface area contributed by atoms with Crippen molar-refractivity contribution in [1.29, 1.82) is 0 Å². The first-order chi connectivity index (χ1) is 16.7. The Labute approximate surface area is 203 Å². The van der Waals surface area contributed by atoms with E-state index in [-0.39, 0.29) is 5.69 Å². The molecule has 4 aromatic rings. The number of pyridine rings is 1. The van der Waals surface area contributed by atoms with Crippen molar-refractivity contribution in [2.24, 2.45) is 0 Å². The number of aromatic nitrogens is 4. The summed E-state index contributed by atoms with van der Waals surface area (Å²) in [6, 6.07) is 7.62. The number of carbonyl (C=O) groups excluding carboxylic acids is 1. The Bertz CT molecular complexity index is 1390. The van der Waals surface area contributed by atoms with Crippen LogP contribution in [0, 0.1) is 12.9 Å². The van der Waals surface area contributed by atoms with Gasteiger partial charge in [0.05, 0.1) is 30.6 Å². The summed E-state index contributed by atoms with van der Waals surface area (Å²) in [7, 11) is 0. The van der Waals surface area contributed by atoms with Crippen molar-refractivity contribution in [3.05, 3.63) is 66.1 Å². The first-order valence-electron chi connectivity index (χ1n) is 11.7. The van der Waals surface area contributed by atoms with Gasteiger partial charge in [-0.25, -0.2) is 4.98 Å². The summed E-state index contributed by atoms with van der Waals surface area (Å²) in [6.07, 6.45) is 7.24. The molecule has 1 N–H and O–H groups in total. The zero-order valence-electron chi connectivity index (χ0n) is 20.4. The maximum atomic E-state index is 14.4. The van der Waals surface area contributed by atoms with Crippen LogP contribution in [0.2, 0.25) is 0 Å². The van der Waals surface area contributed by atoms with Crippen molar-refractivity contribution >= 4 is 22.9 Å². The number of hydrogen-bond donors (Lipinski definition) is 1. The molecule has 0 aliphatic carbocycles. The number of nitrogens with zero attached hydrogens (tertiary/aromatic N) is 5. The summed E-state index contributed by atoms with van der Waals surface area (Å²) in [5.74, 6) is -1.10. The third-order valence-corrected chi connectivity index (χ3v) is 6.24. The predicted octanol–water partition coefficient (Wildman–Crippen LogP) is 4.49. The van der Waals surface area contributed by atoms with Crippen LogP contribution in [-0.2, 0) is 10.3 Å². The van der Waals surface area contributed by atoms with Gasteiger partial charge in [-0.1, -0.05) is 6.07 Å². The lowest BCUT2D eigenvalue weighted by Gasteiger charge is -2.29. The number of halogens is 1. The van der Waals surface area contributed by atoms with Crippen molar-refractivity contribution in [3.63, 3.8) is 0 Å². The zero-order chi connectivity index (χ0) is 24.7. The molecular weight excluding hydrogens is 447 g/mol. The van der Waals surface area contributed by atoms with Gasteiger partial charge in [-0.15, -0.1) is 5.10 Å². The van der Waals surface area contributed by atoms with Gasteiger partial charge >= 0.3 is 0 Å². The second kappa shape index (κ2) is 8.81. The Kier molecular flexibility index (Phi) is 5.80. The van der Waals surface area contributed by atoms with E-state index in [0.29, 0.717) is 18.8 Å². The van der Waals surface area contributed by atoms with Crippen LogP contribution in [0.15, 0.2) is 49.1 Å². The number of morpholine rings is 1. The SMILES string of the molecule is Cc1ccc(C(=O)Nc2cn(C(C)(C)C)nc2F)cc1-c1cc(N2CCOCC2)c2nccn2c1. The molecule has 0 bridgehead atoms. The number of imidazole rings is 1. The number of benzene rings is 1. The van der Waals surface area contributed by atoms with E-state index < -0.39 is 17.4 Å². The fourth-order valence-electron chi connectivity index (χ4n) is 4.25. The Hall–Kier alpha value is -3.72. The molecule has 0 spiro atoms. The number of hydrogen-bond acceptors (Lipinski definition) is 5. The minimum Gasteiger partial charge on any atom is -0.378 e. The minimum absolute atomic E-state index is 0.0569. The predicted molar refractivity (Wildman–Crippen MR) is 134 cm³/mol. The van der Waals surface area contributed by atoms with Gasteiger partial charge in [-0.2, -0.15) is 4.39 Å². The van der Waals surface area contributed by atoms with Crippen LogP contribution >= 0.6 is 0 Å². The zero-order valence-corrected chi connectivity index (χ0v) is 20.4. The fourth-order valence-corrected chi connectivity index (χ4v) is 4.25. The van der Waals surface area contributed by atoms with Crippen LogP contribution in [0.4, 0.5) is 15.8 Å². The van der Waals surface area contributed by atoms with Crippen molar-refractivity contribution in [3.8, 4) is 11.1 Å². The van der Waals surface area contributed by atoms with Gasteiger partial charge in [0.15, 0.2) is 5.65 Å². The standard InChI is InChI=1S/C26H29FN6O2/c1-17-5-6-18(25(34)29-21-16-33(26(2,3)4)30-23(21)27)13-20(17)19-14-22(31-9-11-35-12-10-31)24-28-7-8-32(24)15-19/h5-8,13-16H,9-12H2,1-4H3,(H,29,34). The van der Waals surface area contributed by atoms with Crippen molar-refractivity contribution in [2.75, 3.05) is 36.5 Å². The van der Waals surface area contributed by atoms with E-state index in [9.17, 15) is 9.18 Å². The van der Waals surface area contributed by atoms with E-state index in [1.807, 2.05) is 56.6 Å². The molecule has 0 unspecified atom stereocenters. The number of anilines is 2. The molecular formula is C26H29FN6O2. The van der Waals surface area contributed by atoms with Gasteiger partial charge in [0.1, 0.15) is 5.69 Å². The number of amides is 1. The van der Waals surface area contributed by atoms with E-state index in [1.54, 1.807) is 12.3 Å². The van der Waals surface area contributed by atoms with Crippen LogP contribution in [-0.4, -0.2) is 51.4 Å². The second-order valence-corrected chi connectivity index (χ2v) is 9.80. The van der Waals surface area contributed by atoms with E-state index in [0.717, 1.165) is 41.1 Å². The quantitative estimate of drug-likeness (QED) is 0.470. The molecule has 0 saturated carbocycles. The monoisotopic (exact) mass is 476 g/mol. The van der Waals surface area contributed by atoms with Gasteiger partial charge in [0.25, 0.3) is 11.9 Å². The molecule has 0 atom stereocenters. The summed E-state index contributed by atoms with van der Waals surface area (Å²) >= 11 is 0. The van der Waals surface area contributed by atoms with Crippen LogP contribution < -0.4 is 10.2 Å². The summed E-state index contributed by atoms with van der Waals surface area (Å²) < 4.78 is 23.4. The van der Waals surface area contributed by atoms with E-state index in [1.165, 1.54) is 10.9 Å². The van der Waals surface area contributed by atoms with E-state index >= 15 is 0 Å². The normalized spacial score (nSPS) is 14.5. The second-order valence-electron chi connectivity index (χ2n) is 9.80. The summed E-state index contributed by atoms with van der Waals surface area (Å²) in [6.45, 7) is 10.7. The number of nitrogens with one attached hydrogen (secondary N) is 1. The average Bonchev–Trinajstić information content (AvgIpc) is 3.46. The largest absolute Gasteiger partial charge is 0.378 e. The summed E-state index contributed by atoms with van der Waals surface area (Å²) in [4.78, 5) is 19.9. The highest BCUT2D eigenvalue weighted by molar-refractivity contribution is 6.05. The van der Waals surface area contributed by atoms with Crippen LogP contribution in [0.5, 0.6) is 0 Å². The Balaban J connectivity index is 1.49. The van der Waals surface area contributed by atoms with Crippen LogP contribution in [0.25, 0.3) is 16.8 Å². The summed E-state index contributed by atoms with van der Waals surface area (Å²) in [5.41, 5.74) is 4.93. The van der Waals surface area contributed by atoms with Gasteiger partial charge in [0, 0.05) is 42.8 Å². The lowest BCUT2D eigenvalue weighted by molar-refractivity contribution is 0.102. The molecule has 35 heavy (non-hydrogen) atoms. The molecule has 182 valence electrons. The number of aryl methyl sites for hydroxylation is 1. The highest BCUT2D eigenvalue weighted by Gasteiger charge is 2.21. The number of carbonyl (C=O) groups is 1. The highest BCUT2D eigenvalue weighted by atomic mass is 19.1. The maximum Gasteiger partial charge on any atom is 0.256 e. The number of fused-ring (bicyclic) bond motifs is 1. The number of ether oxygens (including phenoxy) is 1. The molecule has 1 fully saturated rings. The van der Waals surface area contributed by atoms with Crippen LogP contribution in [0.1, 0.15) is 36.7 Å². The highest BCUT2D eigenvalue weighted by Crippen LogP contribution is 2.31. The van der Waals surface area contributed by atoms with E-state index in [4.69, 9.17) is 4.74 Å². The van der Waals surface area contributed by atoms with Gasteiger partial charge in [-0.3, -0.25) is 9.48 Å². The Morgan fingerprint density at radius 2 is 1.91 bits per heavy atom. The number of rotatable bonds is 4. The molecule has 5 rings (SSSR count). The first kappa shape index (κ1) is 23.0. The fraction of sp³-hybridized carbons (Fsp3) is 0.346. The maximum absolute atomic E-state index is 14.4. The smallest absolute Gasteiger partial charge is 0.256 e. The van der Waals surface area contributed by atoms with Gasteiger partial charge in [-0.05, 0) is 57.0 Å². The lowest BCUT2D eigenvalue weighted by Crippen LogP contribution is -2.36. The van der Waals surface area contributed by atoms with Crippen LogP contribution in [0.3, 0.4) is 0 Å². The van der Waals surface area contributed by atoms with E-state index in [2.05, 4.69) is 26.4 Å². The molecule has 1 aliphatic rings. The molecule has 1 saturated heterocycles. The molecule has 0 radical (unpaired) electrons. The third kappa shape index (κ3) is 4.51. The molecule has 9 heteroatoms. The molecule has 4 heterocycles. The molecule has 1 amide bonds.